The molecule has 0 fully saturated rings. The van der Waals surface area contributed by atoms with Gasteiger partial charge in [-0.1, -0.05) is 26.0 Å². The first-order chi connectivity index (χ1) is 12.0. The first kappa shape index (κ1) is 18.9. The molecule has 0 radical (unpaired) electrons. The molecule has 0 spiro atoms. The van der Waals surface area contributed by atoms with E-state index in [0.717, 1.165) is 18.5 Å². The highest BCUT2D eigenvalue weighted by Crippen LogP contribution is 2.24. The van der Waals surface area contributed by atoms with Crippen LogP contribution in [0.25, 0.3) is 0 Å². The molecule has 0 aliphatic heterocycles. The number of hydroxylamine groups is 2. The van der Waals surface area contributed by atoms with Crippen LogP contribution in [-0.4, -0.2) is 18.7 Å². The topological polar surface area (TPSA) is 45.5 Å². The molecule has 0 saturated heterocycles. The van der Waals surface area contributed by atoms with Gasteiger partial charge < -0.3 is 9.57 Å². The van der Waals surface area contributed by atoms with Crippen molar-refractivity contribution in [3.63, 3.8) is 0 Å². The molecular weight excluding hydrogens is 319 g/mol. The highest BCUT2D eigenvalue weighted by molar-refractivity contribution is 5.39. The van der Waals surface area contributed by atoms with Crippen LogP contribution in [0, 0.1) is 23.1 Å². The fourth-order valence-electron chi connectivity index (χ4n) is 2.29. The first-order valence-electron chi connectivity index (χ1n) is 8.27. The monoisotopic (exact) mass is 342 g/mol. The van der Waals surface area contributed by atoms with E-state index in [1.54, 1.807) is 19.2 Å². The number of halogens is 1. The molecule has 5 heteroatoms. The molecule has 0 unspecified atom stereocenters. The van der Waals surface area contributed by atoms with E-state index in [1.807, 2.05) is 29.3 Å². The molecule has 0 heterocycles. The second-order valence-corrected chi connectivity index (χ2v) is 6.23. The van der Waals surface area contributed by atoms with Crippen molar-refractivity contribution < 1.29 is 14.0 Å². The summed E-state index contributed by atoms with van der Waals surface area (Å²) in [6.07, 6.45) is 1.07. The van der Waals surface area contributed by atoms with Crippen molar-refractivity contribution in [1.29, 1.82) is 5.26 Å². The van der Waals surface area contributed by atoms with Gasteiger partial charge in [-0.25, -0.2) is 4.39 Å². The van der Waals surface area contributed by atoms with E-state index in [-0.39, 0.29) is 5.56 Å². The summed E-state index contributed by atoms with van der Waals surface area (Å²) in [6, 6.07) is 13.6. The van der Waals surface area contributed by atoms with Crippen molar-refractivity contribution in [3.05, 3.63) is 59.4 Å². The zero-order valence-electron chi connectivity index (χ0n) is 14.8. The van der Waals surface area contributed by atoms with Gasteiger partial charge in [0.25, 0.3) is 0 Å². The van der Waals surface area contributed by atoms with Crippen LogP contribution in [0.4, 0.5) is 4.39 Å². The van der Waals surface area contributed by atoms with Gasteiger partial charge in [0.05, 0.1) is 12.7 Å². The normalized spacial score (nSPS) is 10.9. The summed E-state index contributed by atoms with van der Waals surface area (Å²) in [5.41, 5.74) is 1.10. The van der Waals surface area contributed by atoms with Gasteiger partial charge in [-0.2, -0.15) is 10.3 Å². The second-order valence-electron chi connectivity index (χ2n) is 6.23. The maximum Gasteiger partial charge on any atom is 0.144 e. The summed E-state index contributed by atoms with van der Waals surface area (Å²) >= 11 is 0. The van der Waals surface area contributed by atoms with E-state index in [9.17, 15) is 4.39 Å². The van der Waals surface area contributed by atoms with Crippen molar-refractivity contribution in [3.8, 4) is 17.6 Å². The average Bonchev–Trinajstić information content (AvgIpc) is 2.60. The third-order valence-electron chi connectivity index (χ3n) is 3.79. The molecule has 0 N–H and O–H groups in total. The number of hydrogen-bond acceptors (Lipinski definition) is 4. The Bertz CT molecular complexity index is 723. The van der Waals surface area contributed by atoms with Crippen LogP contribution in [-0.2, 0) is 11.4 Å². The third-order valence-corrected chi connectivity index (χ3v) is 3.79. The minimum absolute atomic E-state index is 0.00347. The predicted molar refractivity (Wildman–Crippen MR) is 94.5 cm³/mol. The van der Waals surface area contributed by atoms with Gasteiger partial charge in [0.15, 0.2) is 0 Å². The molecule has 2 rings (SSSR count). The first-order valence-corrected chi connectivity index (χ1v) is 8.27. The molecule has 4 nitrogen and oxygen atoms in total. The van der Waals surface area contributed by atoms with E-state index in [1.165, 1.54) is 12.1 Å². The number of benzene rings is 2. The Morgan fingerprint density at radius 1 is 1.12 bits per heavy atom. The van der Waals surface area contributed by atoms with Crippen LogP contribution in [0.3, 0.4) is 0 Å². The molecule has 25 heavy (non-hydrogen) atoms. The second kappa shape index (κ2) is 9.16. The van der Waals surface area contributed by atoms with Gasteiger partial charge in [-0.05, 0) is 42.2 Å². The van der Waals surface area contributed by atoms with Gasteiger partial charge in [-0.15, -0.1) is 0 Å². The van der Waals surface area contributed by atoms with Gasteiger partial charge in [0.2, 0.25) is 0 Å². The SMILES string of the molecule is CON(CCC(C)C)Cc1ccc(Oc2ccc(C#N)c(F)c2)cc1. The Hall–Kier alpha value is -2.42. The Labute approximate surface area is 148 Å². The summed E-state index contributed by atoms with van der Waals surface area (Å²) < 4.78 is 19.2. The van der Waals surface area contributed by atoms with E-state index in [2.05, 4.69) is 13.8 Å². The standard InChI is InChI=1S/C20H23FN2O2/c1-15(2)10-11-23(24-3)14-16-4-7-18(8-5-16)25-19-9-6-17(13-22)20(21)12-19/h4-9,12,15H,10-11,14H2,1-3H3. The van der Waals surface area contributed by atoms with Gasteiger partial charge in [0.1, 0.15) is 23.4 Å². The van der Waals surface area contributed by atoms with E-state index < -0.39 is 5.82 Å². The van der Waals surface area contributed by atoms with Crippen LogP contribution in [0.2, 0.25) is 0 Å². The van der Waals surface area contributed by atoms with Crippen LogP contribution < -0.4 is 4.74 Å². The summed E-state index contributed by atoms with van der Waals surface area (Å²) in [5, 5.41) is 10.7. The molecule has 132 valence electrons. The average molecular weight is 342 g/mol. The Kier molecular flexibility index (Phi) is 6.93. The maximum atomic E-state index is 13.6. The van der Waals surface area contributed by atoms with E-state index in [0.29, 0.717) is 24.0 Å². The van der Waals surface area contributed by atoms with E-state index in [4.69, 9.17) is 14.8 Å². The lowest BCUT2D eigenvalue weighted by Gasteiger charge is -2.20. The van der Waals surface area contributed by atoms with Crippen LogP contribution >= 0.6 is 0 Å². The van der Waals surface area contributed by atoms with Crippen LogP contribution in [0.15, 0.2) is 42.5 Å². The molecule has 0 bridgehead atoms. The molecule has 0 aliphatic carbocycles. The highest BCUT2D eigenvalue weighted by Gasteiger charge is 2.08. The fraction of sp³-hybridized carbons (Fsp3) is 0.350. The minimum Gasteiger partial charge on any atom is -0.457 e. The van der Waals surface area contributed by atoms with Crippen molar-refractivity contribution in [2.24, 2.45) is 5.92 Å². The van der Waals surface area contributed by atoms with E-state index >= 15 is 0 Å². The van der Waals surface area contributed by atoms with Crippen molar-refractivity contribution in [2.75, 3.05) is 13.7 Å². The zero-order valence-corrected chi connectivity index (χ0v) is 14.8. The lowest BCUT2D eigenvalue weighted by atomic mass is 10.1. The lowest BCUT2D eigenvalue weighted by molar-refractivity contribution is -0.140. The summed E-state index contributed by atoms with van der Waals surface area (Å²) in [4.78, 5) is 5.40. The third kappa shape index (κ3) is 5.86. The molecule has 2 aromatic carbocycles. The number of nitrogens with zero attached hydrogens (tertiary/aromatic N) is 2. The molecular formula is C20H23FN2O2. The largest absolute Gasteiger partial charge is 0.457 e. The van der Waals surface area contributed by atoms with Crippen molar-refractivity contribution in [2.45, 2.75) is 26.8 Å². The summed E-state index contributed by atoms with van der Waals surface area (Å²) in [7, 11) is 1.68. The Balaban J connectivity index is 1.97. The molecule has 0 saturated carbocycles. The quantitative estimate of drug-likeness (QED) is 0.640. The van der Waals surface area contributed by atoms with Crippen molar-refractivity contribution >= 4 is 0 Å². The molecule has 2 aromatic rings. The fourth-order valence-corrected chi connectivity index (χ4v) is 2.29. The highest BCUT2D eigenvalue weighted by atomic mass is 19.1. The Morgan fingerprint density at radius 2 is 1.80 bits per heavy atom. The maximum absolute atomic E-state index is 13.6. The number of nitriles is 1. The minimum atomic E-state index is -0.586. The summed E-state index contributed by atoms with van der Waals surface area (Å²) in [5.74, 6) is 1.01. The number of hydrogen-bond donors (Lipinski definition) is 0. The van der Waals surface area contributed by atoms with Gasteiger partial charge in [-0.3, -0.25) is 0 Å². The smallest absolute Gasteiger partial charge is 0.144 e. The molecule has 0 amide bonds. The van der Waals surface area contributed by atoms with Crippen LogP contribution in [0.1, 0.15) is 31.4 Å². The van der Waals surface area contributed by atoms with Crippen LogP contribution in [0.5, 0.6) is 11.5 Å². The van der Waals surface area contributed by atoms with Gasteiger partial charge >= 0.3 is 0 Å². The Morgan fingerprint density at radius 3 is 2.36 bits per heavy atom. The lowest BCUT2D eigenvalue weighted by Crippen LogP contribution is -2.24. The molecule has 0 atom stereocenters. The number of ether oxygens (including phenoxy) is 1. The summed E-state index contributed by atoms with van der Waals surface area (Å²) in [6.45, 7) is 5.93. The molecule has 0 aromatic heterocycles. The number of rotatable bonds is 8. The predicted octanol–water partition coefficient (Wildman–Crippen LogP) is 4.90. The zero-order chi connectivity index (χ0) is 18.2. The van der Waals surface area contributed by atoms with Crippen molar-refractivity contribution in [1.82, 2.24) is 5.06 Å². The molecule has 0 aliphatic rings. The van der Waals surface area contributed by atoms with Gasteiger partial charge in [0, 0.05) is 19.2 Å².